The molecular formula is C18H16N2O5. The van der Waals surface area contributed by atoms with Gasteiger partial charge >= 0.3 is 0 Å². The summed E-state index contributed by atoms with van der Waals surface area (Å²) >= 11 is 0. The lowest BCUT2D eigenvalue weighted by Gasteiger charge is -2.15. The Bertz CT molecular complexity index is 845. The molecule has 7 heteroatoms. The van der Waals surface area contributed by atoms with Crippen molar-refractivity contribution in [3.8, 4) is 11.5 Å². The maximum Gasteiger partial charge on any atom is 0.265 e. The molecule has 0 radical (unpaired) electrons. The van der Waals surface area contributed by atoms with Crippen molar-refractivity contribution in [2.24, 2.45) is 0 Å². The Morgan fingerprint density at radius 3 is 2.32 bits per heavy atom. The number of imide groups is 1. The summed E-state index contributed by atoms with van der Waals surface area (Å²) in [7, 11) is 1.57. The molecule has 2 aromatic carbocycles. The number of hydrogen-bond acceptors (Lipinski definition) is 5. The monoisotopic (exact) mass is 340 g/mol. The van der Waals surface area contributed by atoms with E-state index < -0.39 is 17.9 Å². The zero-order chi connectivity index (χ0) is 18.0. The number of nitrogens with one attached hydrogen (secondary N) is 2. The van der Waals surface area contributed by atoms with Crippen LogP contribution in [0.5, 0.6) is 11.5 Å². The summed E-state index contributed by atoms with van der Waals surface area (Å²) in [4.78, 5) is 35.4. The summed E-state index contributed by atoms with van der Waals surface area (Å²) in [6.45, 7) is 1.61. The first kappa shape index (κ1) is 16.5. The van der Waals surface area contributed by atoms with Gasteiger partial charge in [-0.3, -0.25) is 19.7 Å². The molecule has 2 N–H and O–H groups in total. The molecule has 1 aliphatic heterocycles. The molecular weight excluding hydrogens is 324 g/mol. The highest BCUT2D eigenvalue weighted by Crippen LogP contribution is 2.21. The van der Waals surface area contributed by atoms with E-state index in [0.717, 1.165) is 0 Å². The van der Waals surface area contributed by atoms with Gasteiger partial charge in [-0.2, -0.15) is 0 Å². The molecule has 0 bridgehead atoms. The molecule has 1 aliphatic rings. The van der Waals surface area contributed by atoms with Gasteiger partial charge in [0.15, 0.2) is 6.10 Å². The van der Waals surface area contributed by atoms with Gasteiger partial charge in [-0.1, -0.05) is 0 Å². The normalized spacial score (nSPS) is 13.7. The van der Waals surface area contributed by atoms with Crippen molar-refractivity contribution < 1.29 is 23.9 Å². The van der Waals surface area contributed by atoms with Crippen molar-refractivity contribution in [2.75, 3.05) is 12.4 Å². The number of rotatable bonds is 5. The number of anilines is 1. The largest absolute Gasteiger partial charge is 0.497 e. The lowest BCUT2D eigenvalue weighted by Crippen LogP contribution is -2.30. The molecule has 0 saturated carbocycles. The molecule has 0 saturated heterocycles. The molecule has 0 fully saturated rings. The van der Waals surface area contributed by atoms with Crippen molar-refractivity contribution in [3.05, 3.63) is 53.6 Å². The summed E-state index contributed by atoms with van der Waals surface area (Å²) in [6.07, 6.45) is -0.753. The highest BCUT2D eigenvalue weighted by molar-refractivity contribution is 6.22. The molecule has 1 heterocycles. The number of carbonyl (C=O) groups is 3. The minimum Gasteiger partial charge on any atom is -0.497 e. The minimum atomic E-state index is -0.753. The second kappa shape index (κ2) is 6.64. The molecule has 2 aromatic rings. The molecule has 128 valence electrons. The lowest BCUT2D eigenvalue weighted by atomic mass is 10.1. The van der Waals surface area contributed by atoms with Gasteiger partial charge in [-0.15, -0.1) is 0 Å². The summed E-state index contributed by atoms with van der Waals surface area (Å²) in [5, 5.41) is 4.87. The summed E-state index contributed by atoms with van der Waals surface area (Å²) < 4.78 is 10.6. The average Bonchev–Trinajstić information content (AvgIpc) is 2.89. The van der Waals surface area contributed by atoms with Gasteiger partial charge in [0, 0.05) is 5.69 Å². The highest BCUT2D eigenvalue weighted by atomic mass is 16.5. The maximum atomic E-state index is 12.3. The first-order valence-corrected chi connectivity index (χ1v) is 7.59. The van der Waals surface area contributed by atoms with E-state index in [2.05, 4.69) is 10.6 Å². The van der Waals surface area contributed by atoms with Crippen molar-refractivity contribution in [1.29, 1.82) is 0 Å². The van der Waals surface area contributed by atoms with Gasteiger partial charge in [0.2, 0.25) is 0 Å². The number of hydrogen-bond donors (Lipinski definition) is 2. The standard InChI is InChI=1S/C18H16N2O5/c1-10(25-13-6-4-12(24-2)5-7-13)16(21)19-11-3-8-14-15(9-11)18(23)20-17(14)22/h3-10H,1-2H3,(H,19,21)(H,20,22,23). The minimum absolute atomic E-state index is 0.242. The van der Waals surface area contributed by atoms with Crippen LogP contribution in [0, 0.1) is 0 Å². The molecule has 1 unspecified atom stereocenters. The van der Waals surface area contributed by atoms with Crippen LogP contribution in [0.25, 0.3) is 0 Å². The van der Waals surface area contributed by atoms with Crippen molar-refractivity contribution in [2.45, 2.75) is 13.0 Å². The second-order valence-corrected chi connectivity index (χ2v) is 5.47. The van der Waals surface area contributed by atoms with E-state index in [1.165, 1.54) is 12.1 Å². The first-order valence-electron chi connectivity index (χ1n) is 7.59. The highest BCUT2D eigenvalue weighted by Gasteiger charge is 2.27. The fourth-order valence-corrected chi connectivity index (χ4v) is 2.40. The van der Waals surface area contributed by atoms with E-state index in [1.54, 1.807) is 44.4 Å². The zero-order valence-electron chi connectivity index (χ0n) is 13.7. The maximum absolute atomic E-state index is 12.3. The Balaban J connectivity index is 1.66. The topological polar surface area (TPSA) is 93.7 Å². The molecule has 3 amide bonds. The van der Waals surface area contributed by atoms with Crippen LogP contribution in [0.15, 0.2) is 42.5 Å². The van der Waals surface area contributed by atoms with Gasteiger partial charge < -0.3 is 14.8 Å². The third-order valence-corrected chi connectivity index (χ3v) is 3.74. The number of amides is 3. The summed E-state index contributed by atoms with van der Waals surface area (Å²) in [6, 6.07) is 11.4. The van der Waals surface area contributed by atoms with Crippen LogP contribution in [0.4, 0.5) is 5.69 Å². The predicted octanol–water partition coefficient (Wildman–Crippen LogP) is 1.98. The third-order valence-electron chi connectivity index (χ3n) is 3.74. The van der Waals surface area contributed by atoms with Crippen LogP contribution in [-0.2, 0) is 4.79 Å². The van der Waals surface area contributed by atoms with E-state index in [9.17, 15) is 14.4 Å². The number of fused-ring (bicyclic) bond motifs is 1. The second-order valence-electron chi connectivity index (χ2n) is 5.47. The van der Waals surface area contributed by atoms with Gasteiger partial charge in [0.1, 0.15) is 11.5 Å². The third kappa shape index (κ3) is 3.45. The Labute approximate surface area is 143 Å². The van der Waals surface area contributed by atoms with Gasteiger partial charge in [-0.25, -0.2) is 0 Å². The Morgan fingerprint density at radius 1 is 1.00 bits per heavy atom. The summed E-state index contributed by atoms with van der Waals surface area (Å²) in [5.41, 5.74) is 0.954. The van der Waals surface area contributed by atoms with E-state index in [4.69, 9.17) is 9.47 Å². The number of methoxy groups -OCH3 is 1. The number of carbonyl (C=O) groups excluding carboxylic acids is 3. The van der Waals surface area contributed by atoms with E-state index >= 15 is 0 Å². The van der Waals surface area contributed by atoms with Crippen LogP contribution in [-0.4, -0.2) is 30.9 Å². The van der Waals surface area contributed by atoms with Gasteiger partial charge in [0.05, 0.1) is 18.2 Å². The number of benzene rings is 2. The van der Waals surface area contributed by atoms with Gasteiger partial charge in [0.25, 0.3) is 17.7 Å². The first-order chi connectivity index (χ1) is 12.0. The quantitative estimate of drug-likeness (QED) is 0.812. The summed E-state index contributed by atoms with van der Waals surface area (Å²) in [5.74, 6) is -0.0639. The predicted molar refractivity (Wildman–Crippen MR) is 90.0 cm³/mol. The zero-order valence-corrected chi connectivity index (χ0v) is 13.7. The molecule has 7 nitrogen and oxygen atoms in total. The SMILES string of the molecule is COc1ccc(OC(C)C(=O)Nc2ccc3c(c2)C(=O)NC3=O)cc1. The van der Waals surface area contributed by atoms with E-state index in [-0.39, 0.29) is 11.5 Å². The fraction of sp³-hybridized carbons (Fsp3) is 0.167. The Kier molecular flexibility index (Phi) is 4.38. The van der Waals surface area contributed by atoms with E-state index in [0.29, 0.717) is 22.7 Å². The Hall–Kier alpha value is -3.35. The van der Waals surface area contributed by atoms with Crippen molar-refractivity contribution in [1.82, 2.24) is 5.32 Å². The molecule has 3 rings (SSSR count). The number of ether oxygens (including phenoxy) is 2. The van der Waals surface area contributed by atoms with Crippen LogP contribution in [0.1, 0.15) is 27.6 Å². The molecule has 1 atom stereocenters. The fourth-order valence-electron chi connectivity index (χ4n) is 2.40. The molecule has 0 spiro atoms. The van der Waals surface area contributed by atoms with Crippen LogP contribution in [0.2, 0.25) is 0 Å². The molecule has 25 heavy (non-hydrogen) atoms. The van der Waals surface area contributed by atoms with Crippen LogP contribution in [0.3, 0.4) is 0 Å². The Morgan fingerprint density at radius 2 is 1.64 bits per heavy atom. The average molecular weight is 340 g/mol. The van der Waals surface area contributed by atoms with E-state index in [1.807, 2.05) is 0 Å². The smallest absolute Gasteiger partial charge is 0.265 e. The van der Waals surface area contributed by atoms with Gasteiger partial charge in [-0.05, 0) is 49.4 Å². The lowest BCUT2D eigenvalue weighted by molar-refractivity contribution is -0.122. The molecule has 0 aliphatic carbocycles. The van der Waals surface area contributed by atoms with Crippen LogP contribution >= 0.6 is 0 Å². The van der Waals surface area contributed by atoms with Crippen LogP contribution < -0.4 is 20.1 Å². The van der Waals surface area contributed by atoms with Crippen molar-refractivity contribution >= 4 is 23.4 Å². The van der Waals surface area contributed by atoms with Crippen molar-refractivity contribution in [3.63, 3.8) is 0 Å². The molecule has 0 aromatic heterocycles.